The molecule has 142 valence electrons. The number of nitrogens with one attached hydrogen (secondary N) is 2. The van der Waals surface area contributed by atoms with Crippen molar-refractivity contribution in [2.24, 2.45) is 0 Å². The van der Waals surface area contributed by atoms with E-state index >= 15 is 0 Å². The maximum absolute atomic E-state index is 12.8. The van der Waals surface area contributed by atoms with E-state index in [1.54, 1.807) is 17.8 Å². The van der Waals surface area contributed by atoms with E-state index in [9.17, 15) is 4.79 Å². The third kappa shape index (κ3) is 2.67. The quantitative estimate of drug-likeness (QED) is 0.502. The summed E-state index contributed by atoms with van der Waals surface area (Å²) in [6.45, 7) is 1.79. The maximum Gasteiger partial charge on any atom is 0.247 e. The highest BCUT2D eigenvalue weighted by Crippen LogP contribution is 2.35. The topological polar surface area (TPSA) is 127 Å². The van der Waals surface area contributed by atoms with Gasteiger partial charge >= 0.3 is 0 Å². The van der Waals surface area contributed by atoms with Crippen LogP contribution in [0.1, 0.15) is 44.0 Å². The fraction of sp³-hybridized carbons (Fsp3) is 0.316. The van der Waals surface area contributed by atoms with Crippen molar-refractivity contribution >= 4 is 39.6 Å². The Morgan fingerprint density at radius 1 is 1.32 bits per heavy atom. The molecule has 1 aliphatic rings. The fourth-order valence-corrected chi connectivity index (χ4v) is 3.51. The third-order valence-corrected chi connectivity index (χ3v) is 5.44. The minimum Gasteiger partial charge on any atom is -0.382 e. The number of hydrogen-bond donors (Lipinski definition) is 3. The highest BCUT2D eigenvalue weighted by molar-refractivity contribution is 5.96. The van der Waals surface area contributed by atoms with E-state index < -0.39 is 6.04 Å². The lowest BCUT2D eigenvalue weighted by atomic mass is 9.85. The SMILES string of the molecule is CC(C(=O)Nc1ccc2nc(C3CCC3)[nH]c2c1)n1cnc2c(N)ncnc21. The number of aromatic amines is 1. The Balaban J connectivity index is 1.38. The Kier molecular flexibility index (Phi) is 3.75. The number of nitrogens with two attached hydrogens (primary N) is 1. The van der Waals surface area contributed by atoms with Crippen molar-refractivity contribution in [3.8, 4) is 0 Å². The van der Waals surface area contributed by atoms with Gasteiger partial charge in [-0.05, 0) is 38.0 Å². The van der Waals surface area contributed by atoms with Crippen LogP contribution in [0.4, 0.5) is 11.5 Å². The van der Waals surface area contributed by atoms with Crippen molar-refractivity contribution < 1.29 is 4.79 Å². The molecule has 9 heteroatoms. The van der Waals surface area contributed by atoms with Gasteiger partial charge in [-0.2, -0.15) is 0 Å². The van der Waals surface area contributed by atoms with Gasteiger partial charge in [-0.1, -0.05) is 6.42 Å². The number of carbonyl (C=O) groups is 1. The molecule has 3 heterocycles. The zero-order chi connectivity index (χ0) is 19.3. The van der Waals surface area contributed by atoms with Crippen LogP contribution in [0, 0.1) is 0 Å². The van der Waals surface area contributed by atoms with E-state index in [2.05, 4.69) is 30.2 Å². The number of carbonyl (C=O) groups excluding carboxylic acids is 1. The number of hydrogen-bond acceptors (Lipinski definition) is 6. The van der Waals surface area contributed by atoms with Crippen LogP contribution in [0.5, 0.6) is 0 Å². The number of nitrogen functional groups attached to an aromatic ring is 1. The van der Waals surface area contributed by atoms with Gasteiger partial charge in [-0.3, -0.25) is 4.79 Å². The summed E-state index contributed by atoms with van der Waals surface area (Å²) >= 11 is 0. The summed E-state index contributed by atoms with van der Waals surface area (Å²) in [6, 6.07) is 5.20. The Labute approximate surface area is 160 Å². The molecule has 1 fully saturated rings. The third-order valence-electron chi connectivity index (χ3n) is 5.44. The van der Waals surface area contributed by atoms with Crippen molar-refractivity contribution in [3.63, 3.8) is 0 Å². The highest BCUT2D eigenvalue weighted by Gasteiger charge is 2.23. The standard InChI is InChI=1S/C19H20N8O/c1-10(27-9-23-15-16(20)21-8-22-18(15)27)19(28)24-12-5-6-13-14(7-12)26-17(25-13)11-3-2-4-11/h5-11H,2-4H2,1H3,(H,24,28)(H,25,26)(H2,20,21,22). The molecule has 0 aliphatic heterocycles. The summed E-state index contributed by atoms with van der Waals surface area (Å²) in [4.78, 5) is 33.2. The molecule has 9 nitrogen and oxygen atoms in total. The second-order valence-corrected chi connectivity index (χ2v) is 7.23. The number of imidazole rings is 2. The summed E-state index contributed by atoms with van der Waals surface area (Å²) in [5, 5.41) is 2.96. The van der Waals surface area contributed by atoms with Crippen molar-refractivity contribution in [3.05, 3.63) is 36.7 Å². The average molecular weight is 376 g/mol. The number of rotatable bonds is 4. The van der Waals surface area contributed by atoms with Gasteiger partial charge in [-0.15, -0.1) is 0 Å². The molecule has 0 bridgehead atoms. The molecule has 1 atom stereocenters. The zero-order valence-electron chi connectivity index (χ0n) is 15.4. The van der Waals surface area contributed by atoms with Crippen LogP contribution in [0.25, 0.3) is 22.2 Å². The van der Waals surface area contributed by atoms with Crippen LogP contribution in [0.2, 0.25) is 0 Å². The second-order valence-electron chi connectivity index (χ2n) is 7.23. The molecular weight excluding hydrogens is 356 g/mol. The molecule has 3 aromatic heterocycles. The predicted octanol–water partition coefficient (Wildman–Crippen LogP) is 2.75. The van der Waals surface area contributed by atoms with Crippen LogP contribution in [-0.2, 0) is 4.79 Å². The smallest absolute Gasteiger partial charge is 0.247 e. The van der Waals surface area contributed by atoms with Gasteiger partial charge < -0.3 is 20.6 Å². The van der Waals surface area contributed by atoms with E-state index in [0.717, 1.165) is 16.9 Å². The summed E-state index contributed by atoms with van der Waals surface area (Å²) in [5.41, 5.74) is 9.41. The van der Waals surface area contributed by atoms with Gasteiger partial charge in [0.25, 0.3) is 0 Å². The first kappa shape index (κ1) is 16.7. The molecular formula is C19H20N8O. The first-order valence-corrected chi connectivity index (χ1v) is 9.33. The van der Waals surface area contributed by atoms with Crippen molar-refractivity contribution in [2.45, 2.75) is 38.1 Å². The number of aromatic nitrogens is 6. The molecule has 1 amide bonds. The predicted molar refractivity (Wildman–Crippen MR) is 106 cm³/mol. The van der Waals surface area contributed by atoms with Crippen LogP contribution in [-0.4, -0.2) is 35.4 Å². The summed E-state index contributed by atoms with van der Waals surface area (Å²) in [6.07, 6.45) is 6.57. The lowest BCUT2D eigenvalue weighted by Gasteiger charge is -2.22. The molecule has 4 aromatic rings. The summed E-state index contributed by atoms with van der Waals surface area (Å²) in [7, 11) is 0. The number of anilines is 2. The average Bonchev–Trinajstić information content (AvgIpc) is 3.24. The van der Waals surface area contributed by atoms with Gasteiger partial charge in [0.15, 0.2) is 11.5 Å². The largest absolute Gasteiger partial charge is 0.382 e. The number of nitrogens with zero attached hydrogens (tertiary/aromatic N) is 5. The summed E-state index contributed by atoms with van der Waals surface area (Å²) in [5.74, 6) is 1.70. The summed E-state index contributed by atoms with van der Waals surface area (Å²) < 4.78 is 1.69. The molecule has 1 unspecified atom stereocenters. The van der Waals surface area contributed by atoms with E-state index in [1.165, 1.54) is 25.6 Å². The number of benzene rings is 1. The minimum absolute atomic E-state index is 0.172. The van der Waals surface area contributed by atoms with Crippen molar-refractivity contribution in [1.82, 2.24) is 29.5 Å². The molecule has 1 aliphatic carbocycles. The fourth-order valence-electron chi connectivity index (χ4n) is 3.51. The Hall–Kier alpha value is -3.49. The highest BCUT2D eigenvalue weighted by atomic mass is 16.2. The number of fused-ring (bicyclic) bond motifs is 2. The van der Waals surface area contributed by atoms with E-state index in [0.29, 0.717) is 28.6 Å². The van der Waals surface area contributed by atoms with Gasteiger partial charge in [0, 0.05) is 11.6 Å². The molecule has 1 saturated carbocycles. The molecule has 0 spiro atoms. The molecule has 0 radical (unpaired) electrons. The van der Waals surface area contributed by atoms with Gasteiger partial charge in [0.05, 0.1) is 17.4 Å². The lowest BCUT2D eigenvalue weighted by Crippen LogP contribution is -2.23. The monoisotopic (exact) mass is 376 g/mol. The first-order valence-electron chi connectivity index (χ1n) is 9.33. The zero-order valence-corrected chi connectivity index (χ0v) is 15.4. The Morgan fingerprint density at radius 2 is 2.18 bits per heavy atom. The van der Waals surface area contributed by atoms with E-state index in [1.807, 2.05) is 18.2 Å². The molecule has 28 heavy (non-hydrogen) atoms. The van der Waals surface area contributed by atoms with Gasteiger partial charge in [0.1, 0.15) is 23.7 Å². The lowest BCUT2D eigenvalue weighted by molar-refractivity contribution is -0.118. The van der Waals surface area contributed by atoms with Crippen molar-refractivity contribution in [2.75, 3.05) is 11.1 Å². The van der Waals surface area contributed by atoms with Crippen molar-refractivity contribution in [1.29, 1.82) is 0 Å². The minimum atomic E-state index is -0.512. The van der Waals surface area contributed by atoms with Gasteiger partial charge in [0.2, 0.25) is 5.91 Å². The van der Waals surface area contributed by atoms with E-state index in [4.69, 9.17) is 5.73 Å². The van der Waals surface area contributed by atoms with Crippen LogP contribution < -0.4 is 11.1 Å². The Morgan fingerprint density at radius 3 is 2.96 bits per heavy atom. The molecule has 1 aromatic carbocycles. The number of H-pyrrole nitrogens is 1. The van der Waals surface area contributed by atoms with E-state index in [-0.39, 0.29) is 5.91 Å². The van der Waals surface area contributed by atoms with Crippen LogP contribution in [0.15, 0.2) is 30.9 Å². The van der Waals surface area contributed by atoms with Gasteiger partial charge in [-0.25, -0.2) is 19.9 Å². The molecule has 5 rings (SSSR count). The number of amides is 1. The second kappa shape index (κ2) is 6.29. The normalized spacial score (nSPS) is 15.6. The maximum atomic E-state index is 12.8. The molecule has 0 saturated heterocycles. The Bertz CT molecular complexity index is 1190. The van der Waals surface area contributed by atoms with Crippen LogP contribution in [0.3, 0.4) is 0 Å². The van der Waals surface area contributed by atoms with Crippen LogP contribution >= 0.6 is 0 Å². The molecule has 4 N–H and O–H groups in total. The first-order chi connectivity index (χ1) is 13.6.